The molecule has 1 fully saturated rings. The number of carbonyl (C=O) groups excluding carboxylic acids is 2. The highest BCUT2D eigenvalue weighted by Crippen LogP contribution is 2.29. The molecule has 1 N–H and O–H groups in total. The zero-order valence-electron chi connectivity index (χ0n) is 15.8. The van der Waals surface area contributed by atoms with Crippen molar-refractivity contribution in [1.29, 1.82) is 0 Å². The van der Waals surface area contributed by atoms with Crippen molar-refractivity contribution < 1.29 is 14.0 Å². The van der Waals surface area contributed by atoms with Gasteiger partial charge in [-0.1, -0.05) is 29.8 Å². The Morgan fingerprint density at radius 2 is 1.80 bits per heavy atom. The van der Waals surface area contributed by atoms with Gasteiger partial charge in [-0.15, -0.1) is 0 Å². The van der Waals surface area contributed by atoms with Gasteiger partial charge < -0.3 is 14.6 Å². The average Bonchev–Trinajstić information content (AvgIpc) is 3.33. The van der Waals surface area contributed by atoms with Crippen LogP contribution in [0.25, 0.3) is 0 Å². The number of amides is 2. The van der Waals surface area contributed by atoms with Crippen LogP contribution < -0.4 is 10.2 Å². The summed E-state index contributed by atoms with van der Waals surface area (Å²) >= 11 is 11.5. The van der Waals surface area contributed by atoms with Gasteiger partial charge in [-0.2, -0.15) is 0 Å². The molecule has 1 aromatic heterocycles. The minimum atomic E-state index is -0.741. The highest BCUT2D eigenvalue weighted by Gasteiger charge is 2.44. The van der Waals surface area contributed by atoms with Crippen LogP contribution in [0.3, 0.4) is 0 Å². The Kier molecular flexibility index (Phi) is 5.83. The van der Waals surface area contributed by atoms with Gasteiger partial charge in [0.25, 0.3) is 5.91 Å². The first-order chi connectivity index (χ1) is 14.5. The van der Waals surface area contributed by atoms with Crippen LogP contribution in [-0.4, -0.2) is 27.9 Å². The van der Waals surface area contributed by atoms with E-state index in [9.17, 15) is 9.59 Å². The summed E-state index contributed by atoms with van der Waals surface area (Å²) in [7, 11) is 0. The Morgan fingerprint density at radius 3 is 2.47 bits per heavy atom. The molecule has 0 aliphatic carbocycles. The summed E-state index contributed by atoms with van der Waals surface area (Å²) in [5.41, 5.74) is 1.27. The van der Waals surface area contributed by atoms with Gasteiger partial charge in [-0.25, -0.2) is 0 Å². The number of halogens is 1. The third-order valence-corrected chi connectivity index (χ3v) is 5.42. The van der Waals surface area contributed by atoms with Gasteiger partial charge in [0.15, 0.2) is 5.11 Å². The van der Waals surface area contributed by atoms with Crippen molar-refractivity contribution in [3.8, 4) is 0 Å². The fourth-order valence-corrected chi connectivity index (χ4v) is 3.83. The molecule has 0 radical (unpaired) electrons. The van der Waals surface area contributed by atoms with Crippen LogP contribution in [-0.2, 0) is 16.1 Å². The number of rotatable bonds is 6. The summed E-state index contributed by atoms with van der Waals surface area (Å²) in [6, 6.07) is 18.8. The van der Waals surface area contributed by atoms with E-state index in [1.54, 1.807) is 41.5 Å². The molecule has 0 unspecified atom stereocenters. The summed E-state index contributed by atoms with van der Waals surface area (Å²) in [4.78, 5) is 29.1. The topological polar surface area (TPSA) is 65.8 Å². The standard InChI is InChI=1S/C22H18ClN3O3S/c23-15-8-10-16(11-9-15)24-20(27)13-19-21(28)26(17-5-2-1-3-6-17)22(30)25(19)14-18-7-4-12-29-18/h1-12,19H,13-14H2,(H,24,27)/t19-/m0/s1. The SMILES string of the molecule is O=C(C[C@H]1C(=O)N(c2ccccc2)C(=S)N1Cc1ccco1)Nc1ccc(Cl)cc1. The van der Waals surface area contributed by atoms with Crippen molar-refractivity contribution in [2.45, 2.75) is 19.0 Å². The maximum Gasteiger partial charge on any atom is 0.256 e. The number of para-hydroxylation sites is 1. The third kappa shape index (κ3) is 4.22. The molecule has 0 spiro atoms. The van der Waals surface area contributed by atoms with E-state index in [2.05, 4.69) is 5.32 Å². The monoisotopic (exact) mass is 439 g/mol. The van der Waals surface area contributed by atoms with Gasteiger partial charge in [-0.3, -0.25) is 14.5 Å². The number of anilines is 2. The van der Waals surface area contributed by atoms with E-state index < -0.39 is 6.04 Å². The second kappa shape index (κ2) is 8.69. The number of furan rings is 1. The maximum atomic E-state index is 13.3. The number of benzene rings is 2. The van der Waals surface area contributed by atoms with Crippen molar-refractivity contribution in [2.24, 2.45) is 0 Å². The van der Waals surface area contributed by atoms with Crippen molar-refractivity contribution in [1.82, 2.24) is 4.90 Å². The normalized spacial score (nSPS) is 16.2. The van der Waals surface area contributed by atoms with Gasteiger partial charge >= 0.3 is 0 Å². The quantitative estimate of drug-likeness (QED) is 0.574. The Hall–Kier alpha value is -3.16. The molecule has 1 saturated heterocycles. The lowest BCUT2D eigenvalue weighted by Crippen LogP contribution is -2.37. The maximum absolute atomic E-state index is 13.3. The molecule has 2 aromatic carbocycles. The van der Waals surface area contributed by atoms with Crippen LogP contribution in [0.2, 0.25) is 5.02 Å². The first-order valence-electron chi connectivity index (χ1n) is 9.30. The molecule has 3 aromatic rings. The van der Waals surface area contributed by atoms with Gasteiger partial charge in [0.1, 0.15) is 11.8 Å². The molecule has 2 heterocycles. The van der Waals surface area contributed by atoms with E-state index in [0.29, 0.717) is 33.8 Å². The number of thiocarbonyl (C=S) groups is 1. The fourth-order valence-electron chi connectivity index (χ4n) is 3.32. The molecule has 1 aliphatic heterocycles. The molecule has 0 saturated carbocycles. The number of hydrogen-bond acceptors (Lipinski definition) is 4. The molecular weight excluding hydrogens is 422 g/mol. The van der Waals surface area contributed by atoms with Gasteiger partial charge in [0, 0.05) is 10.7 Å². The Bertz CT molecular complexity index is 1060. The number of nitrogens with one attached hydrogen (secondary N) is 1. The molecule has 1 aliphatic rings. The van der Waals surface area contributed by atoms with Crippen molar-refractivity contribution in [3.63, 3.8) is 0 Å². The van der Waals surface area contributed by atoms with Gasteiger partial charge in [-0.05, 0) is 60.7 Å². The summed E-state index contributed by atoms with van der Waals surface area (Å²) in [6.45, 7) is 0.291. The highest BCUT2D eigenvalue weighted by atomic mass is 35.5. The van der Waals surface area contributed by atoms with E-state index in [4.69, 9.17) is 28.2 Å². The Balaban J connectivity index is 1.57. The first-order valence-corrected chi connectivity index (χ1v) is 10.1. The third-order valence-electron chi connectivity index (χ3n) is 4.75. The minimum Gasteiger partial charge on any atom is -0.467 e. The molecule has 4 rings (SSSR count). The second-order valence-electron chi connectivity index (χ2n) is 6.77. The van der Waals surface area contributed by atoms with Crippen LogP contribution in [0.4, 0.5) is 11.4 Å². The molecule has 0 bridgehead atoms. The zero-order valence-corrected chi connectivity index (χ0v) is 17.4. The van der Waals surface area contributed by atoms with E-state index in [-0.39, 0.29) is 18.2 Å². The summed E-state index contributed by atoms with van der Waals surface area (Å²) in [5.74, 6) is 0.116. The first kappa shape index (κ1) is 20.1. The van der Waals surface area contributed by atoms with Crippen molar-refractivity contribution in [3.05, 3.63) is 83.8 Å². The smallest absolute Gasteiger partial charge is 0.256 e. The Morgan fingerprint density at radius 1 is 1.07 bits per heavy atom. The van der Waals surface area contributed by atoms with E-state index in [0.717, 1.165) is 0 Å². The summed E-state index contributed by atoms with van der Waals surface area (Å²) in [5, 5.41) is 3.72. The predicted octanol–water partition coefficient (Wildman–Crippen LogP) is 4.46. The lowest BCUT2D eigenvalue weighted by Gasteiger charge is -2.22. The van der Waals surface area contributed by atoms with Crippen LogP contribution in [0.15, 0.2) is 77.4 Å². The molecule has 152 valence electrons. The van der Waals surface area contributed by atoms with Gasteiger partial charge in [0.2, 0.25) is 5.91 Å². The van der Waals surface area contributed by atoms with Gasteiger partial charge in [0.05, 0.1) is 24.9 Å². The molecule has 30 heavy (non-hydrogen) atoms. The number of nitrogens with zero attached hydrogens (tertiary/aromatic N) is 2. The molecule has 6 nitrogen and oxygen atoms in total. The zero-order chi connectivity index (χ0) is 21.1. The van der Waals surface area contributed by atoms with Crippen molar-refractivity contribution in [2.75, 3.05) is 10.2 Å². The predicted molar refractivity (Wildman–Crippen MR) is 119 cm³/mol. The lowest BCUT2D eigenvalue weighted by molar-refractivity contribution is -0.124. The van der Waals surface area contributed by atoms with Crippen LogP contribution in [0.1, 0.15) is 12.2 Å². The largest absolute Gasteiger partial charge is 0.467 e. The van der Waals surface area contributed by atoms with Crippen molar-refractivity contribution >= 4 is 52.1 Å². The van der Waals surface area contributed by atoms with E-state index >= 15 is 0 Å². The number of hydrogen-bond donors (Lipinski definition) is 1. The van der Waals surface area contributed by atoms with Crippen LogP contribution in [0, 0.1) is 0 Å². The average molecular weight is 440 g/mol. The molecule has 1 atom stereocenters. The molecular formula is C22H18ClN3O3S. The number of carbonyl (C=O) groups is 2. The van der Waals surface area contributed by atoms with E-state index in [1.165, 1.54) is 4.90 Å². The molecule has 8 heteroatoms. The summed E-state index contributed by atoms with van der Waals surface area (Å²) in [6.07, 6.45) is 1.51. The minimum absolute atomic E-state index is 0.0500. The Labute approximate surface area is 184 Å². The summed E-state index contributed by atoms with van der Waals surface area (Å²) < 4.78 is 5.44. The van der Waals surface area contributed by atoms with Crippen LogP contribution >= 0.6 is 23.8 Å². The lowest BCUT2D eigenvalue weighted by atomic mass is 10.1. The van der Waals surface area contributed by atoms with Crippen LogP contribution in [0.5, 0.6) is 0 Å². The van der Waals surface area contributed by atoms with E-state index in [1.807, 2.05) is 36.4 Å². The molecule has 2 amide bonds. The highest BCUT2D eigenvalue weighted by molar-refractivity contribution is 7.80. The second-order valence-corrected chi connectivity index (χ2v) is 7.58. The fraction of sp³-hybridized carbons (Fsp3) is 0.136.